The first kappa shape index (κ1) is 16.9. The first-order valence-corrected chi connectivity index (χ1v) is 6.47. The minimum Gasteiger partial charge on any atom is -0.449 e. The Morgan fingerprint density at radius 3 is 2.62 bits per heavy atom. The highest BCUT2D eigenvalue weighted by molar-refractivity contribution is 6.33. The van der Waals surface area contributed by atoms with Gasteiger partial charge in [0.05, 0.1) is 10.6 Å². The fourth-order valence-electron chi connectivity index (χ4n) is 1.35. The lowest BCUT2D eigenvalue weighted by atomic mass is 10.2. The van der Waals surface area contributed by atoms with Gasteiger partial charge in [-0.2, -0.15) is 0 Å². The van der Waals surface area contributed by atoms with Crippen LogP contribution in [0.5, 0.6) is 0 Å². The molecule has 1 aromatic rings. The van der Waals surface area contributed by atoms with Gasteiger partial charge < -0.3 is 10.1 Å². The summed E-state index contributed by atoms with van der Waals surface area (Å²) >= 11 is 5.71. The fraction of sp³-hybridized carbons (Fsp3) is 0.308. The van der Waals surface area contributed by atoms with E-state index in [9.17, 15) is 18.8 Å². The predicted octanol–water partition coefficient (Wildman–Crippen LogP) is 1.87. The second-order valence-electron chi connectivity index (χ2n) is 4.02. The molecule has 0 aliphatic heterocycles. The average molecular weight is 317 g/mol. The zero-order chi connectivity index (χ0) is 16.0. The van der Waals surface area contributed by atoms with Crippen LogP contribution in [0.3, 0.4) is 0 Å². The van der Waals surface area contributed by atoms with Crippen molar-refractivity contribution in [3.63, 3.8) is 0 Å². The quantitative estimate of drug-likeness (QED) is 0.831. The normalized spacial score (nSPS) is 11.4. The maximum atomic E-state index is 12.9. The number of halogens is 2. The van der Waals surface area contributed by atoms with E-state index in [0.29, 0.717) is 6.54 Å². The predicted molar refractivity (Wildman–Crippen MR) is 73.5 cm³/mol. The van der Waals surface area contributed by atoms with Crippen molar-refractivity contribution in [3.05, 3.63) is 34.6 Å². The third-order valence-corrected chi connectivity index (χ3v) is 2.69. The molecule has 2 N–H and O–H groups in total. The van der Waals surface area contributed by atoms with Crippen molar-refractivity contribution in [3.8, 4) is 0 Å². The zero-order valence-corrected chi connectivity index (χ0v) is 12.2. The molecule has 3 amide bonds. The van der Waals surface area contributed by atoms with Crippen molar-refractivity contribution >= 4 is 29.5 Å². The largest absolute Gasteiger partial charge is 0.449 e. The molecule has 6 nitrogen and oxygen atoms in total. The molecule has 0 aliphatic carbocycles. The molecule has 0 saturated carbocycles. The molecule has 8 heteroatoms. The Morgan fingerprint density at radius 2 is 2.05 bits per heavy atom. The Labute approximate surface area is 125 Å². The minimum atomic E-state index is -1.21. The van der Waals surface area contributed by atoms with Crippen molar-refractivity contribution in [2.75, 3.05) is 6.54 Å². The maximum Gasteiger partial charge on any atom is 0.340 e. The lowest BCUT2D eigenvalue weighted by Gasteiger charge is -2.13. The van der Waals surface area contributed by atoms with Gasteiger partial charge in [-0.3, -0.25) is 10.1 Å². The topological polar surface area (TPSA) is 84.5 Å². The Hall–Kier alpha value is -2.15. The molecule has 0 aliphatic rings. The summed E-state index contributed by atoms with van der Waals surface area (Å²) in [4.78, 5) is 34.5. The molecule has 0 radical (unpaired) electrons. The van der Waals surface area contributed by atoms with Crippen LogP contribution in [0, 0.1) is 5.82 Å². The number of hydrogen-bond acceptors (Lipinski definition) is 4. The molecule has 0 heterocycles. The molecule has 1 aromatic carbocycles. The molecule has 1 atom stereocenters. The van der Waals surface area contributed by atoms with Crippen molar-refractivity contribution < 1.29 is 23.5 Å². The second-order valence-corrected chi connectivity index (χ2v) is 4.43. The summed E-state index contributed by atoms with van der Waals surface area (Å²) in [7, 11) is 0. The number of benzene rings is 1. The summed E-state index contributed by atoms with van der Waals surface area (Å²) in [6.07, 6.45) is -1.21. The van der Waals surface area contributed by atoms with Crippen LogP contribution in [0.1, 0.15) is 24.2 Å². The van der Waals surface area contributed by atoms with E-state index in [1.165, 1.54) is 6.92 Å². The van der Waals surface area contributed by atoms with Crippen LogP contribution in [0.15, 0.2) is 18.2 Å². The number of carbonyl (C=O) groups is 3. The first-order chi connectivity index (χ1) is 9.85. The van der Waals surface area contributed by atoms with E-state index in [-0.39, 0.29) is 10.6 Å². The smallest absolute Gasteiger partial charge is 0.340 e. The number of esters is 1. The number of ether oxygens (including phenoxy) is 1. The second kappa shape index (κ2) is 7.58. The highest BCUT2D eigenvalue weighted by Gasteiger charge is 2.22. The molecule has 1 unspecified atom stereocenters. The molecule has 1 rings (SSSR count). The van der Waals surface area contributed by atoms with Gasteiger partial charge in [0.1, 0.15) is 5.82 Å². The lowest BCUT2D eigenvalue weighted by molar-refractivity contribution is -0.127. The summed E-state index contributed by atoms with van der Waals surface area (Å²) in [5, 5.41) is 4.23. The van der Waals surface area contributed by atoms with E-state index < -0.39 is 29.8 Å². The zero-order valence-electron chi connectivity index (χ0n) is 11.4. The number of amides is 3. The molecule has 0 fully saturated rings. The van der Waals surface area contributed by atoms with Gasteiger partial charge in [-0.1, -0.05) is 11.6 Å². The highest BCUT2D eigenvalue weighted by Crippen LogP contribution is 2.18. The number of urea groups is 1. The van der Waals surface area contributed by atoms with E-state index in [1.54, 1.807) is 6.92 Å². The third-order valence-electron chi connectivity index (χ3n) is 2.38. The van der Waals surface area contributed by atoms with Crippen molar-refractivity contribution in [1.29, 1.82) is 0 Å². The number of hydrogen-bond donors (Lipinski definition) is 2. The van der Waals surface area contributed by atoms with Crippen LogP contribution in [0.25, 0.3) is 0 Å². The molecule has 114 valence electrons. The van der Waals surface area contributed by atoms with Crippen LogP contribution < -0.4 is 10.6 Å². The van der Waals surface area contributed by atoms with Crippen molar-refractivity contribution in [2.45, 2.75) is 20.0 Å². The third kappa shape index (κ3) is 5.03. The lowest BCUT2D eigenvalue weighted by Crippen LogP contribution is -2.44. The van der Waals surface area contributed by atoms with Gasteiger partial charge >= 0.3 is 12.0 Å². The number of imide groups is 1. The van der Waals surface area contributed by atoms with Gasteiger partial charge in [-0.15, -0.1) is 0 Å². The van der Waals surface area contributed by atoms with E-state index in [4.69, 9.17) is 16.3 Å². The molecule has 0 aromatic heterocycles. The Bertz CT molecular complexity index is 565. The van der Waals surface area contributed by atoms with Gasteiger partial charge in [0, 0.05) is 6.54 Å². The van der Waals surface area contributed by atoms with Gasteiger partial charge in [0.2, 0.25) is 0 Å². The molecule has 0 bridgehead atoms. The number of rotatable bonds is 4. The van der Waals surface area contributed by atoms with Crippen LogP contribution in [-0.2, 0) is 9.53 Å². The summed E-state index contributed by atoms with van der Waals surface area (Å²) in [6.45, 7) is 3.33. The summed E-state index contributed by atoms with van der Waals surface area (Å²) in [5.74, 6) is -2.27. The van der Waals surface area contributed by atoms with Crippen LogP contribution in [0.4, 0.5) is 9.18 Å². The number of nitrogens with one attached hydrogen (secondary N) is 2. The van der Waals surface area contributed by atoms with E-state index in [1.807, 2.05) is 5.32 Å². The molecule has 0 saturated heterocycles. The molecular formula is C13H14ClFN2O4. The summed E-state index contributed by atoms with van der Waals surface area (Å²) in [5.41, 5.74) is -0.0734. The number of carbonyl (C=O) groups excluding carboxylic acids is 3. The van der Waals surface area contributed by atoms with Crippen LogP contribution >= 0.6 is 11.6 Å². The fourth-order valence-corrected chi connectivity index (χ4v) is 1.60. The van der Waals surface area contributed by atoms with Gasteiger partial charge in [-0.05, 0) is 32.0 Å². The monoisotopic (exact) mass is 316 g/mol. The minimum absolute atomic E-state index is 0.0734. The Morgan fingerprint density at radius 1 is 1.38 bits per heavy atom. The van der Waals surface area contributed by atoms with Gasteiger partial charge in [-0.25, -0.2) is 14.0 Å². The van der Waals surface area contributed by atoms with Crippen molar-refractivity contribution in [1.82, 2.24) is 10.6 Å². The van der Waals surface area contributed by atoms with Crippen LogP contribution in [0.2, 0.25) is 5.02 Å². The van der Waals surface area contributed by atoms with Crippen molar-refractivity contribution in [2.24, 2.45) is 0 Å². The van der Waals surface area contributed by atoms with E-state index in [0.717, 1.165) is 18.2 Å². The first-order valence-electron chi connectivity index (χ1n) is 6.09. The maximum absolute atomic E-state index is 12.9. The Balaban J connectivity index is 2.65. The van der Waals surface area contributed by atoms with E-state index >= 15 is 0 Å². The van der Waals surface area contributed by atoms with Gasteiger partial charge in [0.25, 0.3) is 5.91 Å². The SMILES string of the molecule is CCNC(=O)NC(=O)C(C)OC(=O)c1ccc(F)cc1Cl. The molecule has 21 heavy (non-hydrogen) atoms. The highest BCUT2D eigenvalue weighted by atomic mass is 35.5. The standard InChI is InChI=1S/C13H14ClFN2O4/c1-3-16-13(20)17-11(18)7(2)21-12(19)9-5-4-8(15)6-10(9)14/h4-7H,3H2,1-2H3,(H2,16,17,18,20). The van der Waals surface area contributed by atoms with Crippen LogP contribution in [-0.4, -0.2) is 30.6 Å². The van der Waals surface area contributed by atoms with Gasteiger partial charge in [0.15, 0.2) is 6.10 Å². The molecule has 0 spiro atoms. The van der Waals surface area contributed by atoms with E-state index in [2.05, 4.69) is 5.32 Å². The summed E-state index contributed by atoms with van der Waals surface area (Å²) < 4.78 is 17.7. The average Bonchev–Trinajstić information content (AvgIpc) is 2.38. The molecular weight excluding hydrogens is 303 g/mol. The summed E-state index contributed by atoms with van der Waals surface area (Å²) in [6, 6.07) is 2.46. The Kier molecular flexibility index (Phi) is 6.10.